The number of hydrogen-bond donors (Lipinski definition) is 1. The van der Waals surface area contributed by atoms with Crippen LogP contribution in [0.2, 0.25) is 0 Å². The Kier molecular flexibility index (Phi) is 4.52. The molecule has 2 nitrogen and oxygen atoms in total. The molecule has 16 heavy (non-hydrogen) atoms. The van der Waals surface area contributed by atoms with E-state index in [2.05, 4.69) is 11.9 Å². The molecule has 0 aliphatic heterocycles. The number of carbonyl (C=O) groups is 1. The van der Waals surface area contributed by atoms with Crippen LogP contribution < -0.4 is 5.32 Å². The standard InChI is InChI=1S/C14H17NO/c1-11(2)10-15-14(16)9-8-13-7-5-4-6-12(13)3/h4-9H,1,10H2,2-3H3,(H,15,16)/b9-8+. The lowest BCUT2D eigenvalue weighted by atomic mass is 10.1. The molecule has 1 aromatic carbocycles. The fourth-order valence-corrected chi connectivity index (χ4v) is 1.24. The van der Waals surface area contributed by atoms with Gasteiger partial charge in [0.2, 0.25) is 5.91 Å². The van der Waals surface area contributed by atoms with Gasteiger partial charge in [0.15, 0.2) is 0 Å². The summed E-state index contributed by atoms with van der Waals surface area (Å²) >= 11 is 0. The first-order valence-electron chi connectivity index (χ1n) is 5.25. The Morgan fingerprint density at radius 3 is 2.75 bits per heavy atom. The third-order valence-electron chi connectivity index (χ3n) is 2.17. The third-order valence-corrected chi connectivity index (χ3v) is 2.17. The van der Waals surface area contributed by atoms with Crippen molar-refractivity contribution in [3.05, 3.63) is 53.6 Å². The van der Waals surface area contributed by atoms with Gasteiger partial charge in [-0.25, -0.2) is 0 Å². The van der Waals surface area contributed by atoms with Crippen molar-refractivity contribution >= 4 is 12.0 Å². The van der Waals surface area contributed by atoms with Crippen LogP contribution in [0.15, 0.2) is 42.5 Å². The minimum absolute atomic E-state index is 0.0914. The molecule has 1 rings (SSSR count). The molecule has 0 atom stereocenters. The monoisotopic (exact) mass is 215 g/mol. The Bertz CT molecular complexity index is 418. The topological polar surface area (TPSA) is 29.1 Å². The quantitative estimate of drug-likeness (QED) is 0.607. The van der Waals surface area contributed by atoms with E-state index in [1.807, 2.05) is 44.2 Å². The average Bonchev–Trinajstić information content (AvgIpc) is 2.25. The molecular weight excluding hydrogens is 198 g/mol. The molecule has 0 unspecified atom stereocenters. The molecular formula is C14H17NO. The average molecular weight is 215 g/mol. The molecule has 0 fully saturated rings. The van der Waals surface area contributed by atoms with Crippen molar-refractivity contribution in [3.8, 4) is 0 Å². The summed E-state index contributed by atoms with van der Waals surface area (Å²) in [4.78, 5) is 11.4. The van der Waals surface area contributed by atoms with Crippen molar-refractivity contribution in [2.24, 2.45) is 0 Å². The lowest BCUT2D eigenvalue weighted by molar-refractivity contribution is -0.116. The van der Waals surface area contributed by atoms with Crippen LogP contribution in [0.4, 0.5) is 0 Å². The van der Waals surface area contributed by atoms with E-state index >= 15 is 0 Å². The zero-order chi connectivity index (χ0) is 12.0. The Morgan fingerprint density at radius 2 is 2.12 bits per heavy atom. The number of hydrogen-bond acceptors (Lipinski definition) is 1. The van der Waals surface area contributed by atoms with E-state index in [1.54, 1.807) is 6.08 Å². The van der Waals surface area contributed by atoms with Crippen molar-refractivity contribution in [3.63, 3.8) is 0 Å². The summed E-state index contributed by atoms with van der Waals surface area (Å²) in [7, 11) is 0. The van der Waals surface area contributed by atoms with Crippen LogP contribution in [-0.4, -0.2) is 12.5 Å². The number of rotatable bonds is 4. The highest BCUT2D eigenvalue weighted by Gasteiger charge is 1.95. The van der Waals surface area contributed by atoms with Gasteiger partial charge in [-0.05, 0) is 31.1 Å². The number of nitrogens with one attached hydrogen (secondary N) is 1. The van der Waals surface area contributed by atoms with Crippen molar-refractivity contribution in [2.45, 2.75) is 13.8 Å². The summed E-state index contributed by atoms with van der Waals surface area (Å²) in [6.45, 7) is 8.15. The molecule has 2 heteroatoms. The van der Waals surface area contributed by atoms with Gasteiger partial charge < -0.3 is 5.32 Å². The first kappa shape index (κ1) is 12.2. The second-order valence-electron chi connectivity index (χ2n) is 3.86. The van der Waals surface area contributed by atoms with Crippen LogP contribution in [0.1, 0.15) is 18.1 Å². The van der Waals surface area contributed by atoms with Gasteiger partial charge in [-0.1, -0.05) is 36.4 Å². The predicted molar refractivity (Wildman–Crippen MR) is 68.0 cm³/mol. The smallest absolute Gasteiger partial charge is 0.244 e. The van der Waals surface area contributed by atoms with Crippen molar-refractivity contribution in [2.75, 3.05) is 6.54 Å². The fraction of sp³-hybridized carbons (Fsp3) is 0.214. The van der Waals surface area contributed by atoms with Crippen molar-refractivity contribution < 1.29 is 4.79 Å². The van der Waals surface area contributed by atoms with Crippen LogP contribution >= 0.6 is 0 Å². The van der Waals surface area contributed by atoms with Gasteiger partial charge in [-0.15, -0.1) is 0 Å². The van der Waals surface area contributed by atoms with E-state index < -0.39 is 0 Å². The first-order valence-corrected chi connectivity index (χ1v) is 5.25. The summed E-state index contributed by atoms with van der Waals surface area (Å²) in [6.07, 6.45) is 3.37. The molecule has 0 aliphatic carbocycles. The summed E-state index contributed by atoms with van der Waals surface area (Å²) in [5.74, 6) is -0.0914. The molecule has 0 saturated carbocycles. The maximum atomic E-state index is 11.4. The highest BCUT2D eigenvalue weighted by atomic mass is 16.1. The Morgan fingerprint density at radius 1 is 1.44 bits per heavy atom. The van der Waals surface area contributed by atoms with Crippen LogP contribution in [0.25, 0.3) is 6.08 Å². The molecule has 1 amide bonds. The molecule has 0 saturated heterocycles. The summed E-state index contributed by atoms with van der Waals surface area (Å²) in [5, 5.41) is 2.75. The summed E-state index contributed by atoms with van der Waals surface area (Å²) < 4.78 is 0. The molecule has 1 N–H and O–H groups in total. The molecule has 0 radical (unpaired) electrons. The minimum Gasteiger partial charge on any atom is -0.349 e. The fourth-order valence-electron chi connectivity index (χ4n) is 1.24. The van der Waals surface area contributed by atoms with Crippen LogP contribution in [0.5, 0.6) is 0 Å². The maximum Gasteiger partial charge on any atom is 0.244 e. The SMILES string of the molecule is C=C(C)CNC(=O)/C=C/c1ccccc1C. The van der Waals surface area contributed by atoms with Crippen LogP contribution in [0, 0.1) is 6.92 Å². The van der Waals surface area contributed by atoms with E-state index in [4.69, 9.17) is 0 Å². The summed E-state index contributed by atoms with van der Waals surface area (Å²) in [5.41, 5.74) is 3.16. The van der Waals surface area contributed by atoms with Crippen molar-refractivity contribution in [1.29, 1.82) is 0 Å². The molecule has 1 aromatic rings. The maximum absolute atomic E-state index is 11.4. The molecule has 0 heterocycles. The number of aryl methyl sites for hydroxylation is 1. The molecule has 0 bridgehead atoms. The lowest BCUT2D eigenvalue weighted by Crippen LogP contribution is -2.22. The summed E-state index contributed by atoms with van der Waals surface area (Å²) in [6, 6.07) is 7.94. The van der Waals surface area contributed by atoms with E-state index in [0.717, 1.165) is 16.7 Å². The third kappa shape index (κ3) is 4.13. The number of benzene rings is 1. The second kappa shape index (κ2) is 5.91. The van der Waals surface area contributed by atoms with E-state index in [9.17, 15) is 4.79 Å². The zero-order valence-corrected chi connectivity index (χ0v) is 9.79. The number of carbonyl (C=O) groups excluding carboxylic acids is 1. The lowest BCUT2D eigenvalue weighted by Gasteiger charge is -2.01. The van der Waals surface area contributed by atoms with Gasteiger partial charge in [0.1, 0.15) is 0 Å². The molecule has 84 valence electrons. The van der Waals surface area contributed by atoms with Gasteiger partial charge in [0, 0.05) is 12.6 Å². The van der Waals surface area contributed by atoms with Crippen molar-refractivity contribution in [1.82, 2.24) is 5.32 Å². The molecule has 0 spiro atoms. The molecule has 0 aliphatic rings. The van der Waals surface area contributed by atoms with Gasteiger partial charge in [0.25, 0.3) is 0 Å². The Labute approximate surface area is 96.7 Å². The van der Waals surface area contributed by atoms with Crippen LogP contribution in [-0.2, 0) is 4.79 Å². The van der Waals surface area contributed by atoms with E-state index in [0.29, 0.717) is 6.54 Å². The highest BCUT2D eigenvalue weighted by Crippen LogP contribution is 2.08. The zero-order valence-electron chi connectivity index (χ0n) is 9.79. The Balaban J connectivity index is 2.57. The molecule has 0 aromatic heterocycles. The van der Waals surface area contributed by atoms with Gasteiger partial charge in [0.05, 0.1) is 0 Å². The van der Waals surface area contributed by atoms with E-state index in [-0.39, 0.29) is 5.91 Å². The van der Waals surface area contributed by atoms with Gasteiger partial charge >= 0.3 is 0 Å². The number of amides is 1. The predicted octanol–water partition coefficient (Wildman–Crippen LogP) is 2.70. The Hall–Kier alpha value is -1.83. The highest BCUT2D eigenvalue weighted by molar-refractivity contribution is 5.92. The van der Waals surface area contributed by atoms with Gasteiger partial charge in [-0.2, -0.15) is 0 Å². The van der Waals surface area contributed by atoms with Gasteiger partial charge in [-0.3, -0.25) is 4.79 Å². The largest absolute Gasteiger partial charge is 0.349 e. The normalized spacial score (nSPS) is 10.4. The van der Waals surface area contributed by atoms with E-state index in [1.165, 1.54) is 0 Å². The first-order chi connectivity index (χ1) is 7.59. The second-order valence-corrected chi connectivity index (χ2v) is 3.86. The minimum atomic E-state index is -0.0914. The van der Waals surface area contributed by atoms with Crippen LogP contribution in [0.3, 0.4) is 0 Å².